The van der Waals surface area contributed by atoms with Crippen LogP contribution in [-0.2, 0) is 21.7 Å². The first kappa shape index (κ1) is 45.5. The zero-order valence-corrected chi connectivity index (χ0v) is 42.4. The number of pyridine rings is 1. The van der Waals surface area contributed by atoms with Crippen molar-refractivity contribution in [2.24, 2.45) is 0 Å². The van der Waals surface area contributed by atoms with E-state index in [2.05, 4.69) is 261 Å². The minimum Gasteiger partial charge on any atom is -0.458 e. The lowest BCUT2D eigenvalue weighted by Crippen LogP contribution is -2.34. The molecule has 0 bridgehead atoms. The third-order valence-corrected chi connectivity index (χ3v) is 13.6. The normalized spacial score (nSPS) is 12.6. The van der Waals surface area contributed by atoms with E-state index in [-0.39, 0.29) is 21.7 Å². The minimum atomic E-state index is -0.164. The van der Waals surface area contributed by atoms with Gasteiger partial charge in [0, 0.05) is 23.0 Å². The lowest BCUT2D eigenvalue weighted by Gasteiger charge is -2.26. The van der Waals surface area contributed by atoms with Crippen molar-refractivity contribution in [3.63, 3.8) is 0 Å². The second kappa shape index (κ2) is 16.8. The maximum Gasteiger partial charge on any atom is 0.269 e. The molecule has 0 amide bonds. The Morgan fingerprint density at radius 3 is 1.87 bits per heavy atom. The van der Waals surface area contributed by atoms with Gasteiger partial charge in [0.2, 0.25) is 0 Å². The summed E-state index contributed by atoms with van der Waals surface area (Å²) in [7, 11) is 0. The van der Waals surface area contributed by atoms with Crippen LogP contribution in [0.5, 0.6) is 11.5 Å². The molecule has 5 nitrogen and oxygen atoms in total. The van der Waals surface area contributed by atoms with Crippen molar-refractivity contribution in [1.82, 2.24) is 14.1 Å². The molecule has 0 aliphatic rings. The number of fused-ring (bicyclic) bond motifs is 4. The van der Waals surface area contributed by atoms with Crippen LogP contribution in [0.2, 0.25) is 0 Å². The predicted molar refractivity (Wildman–Crippen MR) is 288 cm³/mol. The molecule has 69 heavy (non-hydrogen) atoms. The molecule has 0 saturated heterocycles. The van der Waals surface area contributed by atoms with Crippen molar-refractivity contribution in [1.29, 1.82) is 0 Å². The van der Waals surface area contributed by atoms with Crippen molar-refractivity contribution in [2.45, 2.75) is 105 Å². The fraction of sp³-hybridized carbons (Fsp3) is 0.250. The Bertz CT molecular complexity index is 3560. The second-order valence-corrected chi connectivity index (χ2v) is 22.9. The second-order valence-electron chi connectivity index (χ2n) is 22.9. The van der Waals surface area contributed by atoms with Crippen LogP contribution in [0.25, 0.3) is 72.3 Å². The van der Waals surface area contributed by atoms with E-state index in [0.717, 1.165) is 61.7 Å². The Morgan fingerprint density at radius 2 is 1.13 bits per heavy atom. The van der Waals surface area contributed by atoms with Crippen molar-refractivity contribution in [2.75, 3.05) is 0 Å². The number of rotatable bonds is 7. The number of para-hydroxylation sites is 2. The zero-order chi connectivity index (χ0) is 48.6. The third-order valence-electron chi connectivity index (χ3n) is 13.6. The maximum atomic E-state index is 6.86. The van der Waals surface area contributed by atoms with E-state index in [4.69, 9.17) is 9.72 Å². The Hall–Kier alpha value is -7.24. The van der Waals surface area contributed by atoms with Gasteiger partial charge in [-0.3, -0.25) is 13.7 Å². The lowest BCUT2D eigenvalue weighted by atomic mass is 9.82. The van der Waals surface area contributed by atoms with E-state index < -0.39 is 0 Å². The van der Waals surface area contributed by atoms with E-state index in [0.29, 0.717) is 0 Å². The molecule has 0 radical (unpaired) electrons. The summed E-state index contributed by atoms with van der Waals surface area (Å²) in [5.74, 6) is 2.36. The van der Waals surface area contributed by atoms with Gasteiger partial charge in [-0.2, -0.15) is 0 Å². The number of imidazole rings is 1. The number of nitrogens with zero attached hydrogens (tertiary/aromatic N) is 4. The molecule has 346 valence electrons. The summed E-state index contributed by atoms with van der Waals surface area (Å²) >= 11 is 0. The fourth-order valence-corrected chi connectivity index (χ4v) is 9.67. The molecule has 0 saturated carbocycles. The zero-order valence-electron chi connectivity index (χ0n) is 42.4. The molecule has 0 aliphatic carbocycles. The number of aromatic nitrogens is 4. The van der Waals surface area contributed by atoms with Crippen LogP contribution >= 0.6 is 0 Å². The van der Waals surface area contributed by atoms with Crippen LogP contribution in [0.15, 0.2) is 170 Å². The molecule has 0 atom stereocenters. The third kappa shape index (κ3) is 8.65. The van der Waals surface area contributed by atoms with Crippen LogP contribution < -0.4 is 9.30 Å². The minimum absolute atomic E-state index is 0.00110. The topological polar surface area (TPSA) is 35.9 Å². The average Bonchev–Trinajstić information content (AvgIpc) is 3.86. The van der Waals surface area contributed by atoms with Crippen LogP contribution in [0.1, 0.15) is 105 Å². The Kier molecular flexibility index (Phi) is 11.1. The first-order valence-electron chi connectivity index (χ1n) is 24.4. The average molecular weight is 905 g/mol. The molecule has 7 aromatic carbocycles. The van der Waals surface area contributed by atoms with Gasteiger partial charge in [0.25, 0.3) is 6.33 Å². The highest BCUT2D eigenvalue weighted by molar-refractivity contribution is 6.09. The van der Waals surface area contributed by atoms with Gasteiger partial charge < -0.3 is 4.74 Å². The largest absolute Gasteiger partial charge is 0.458 e. The maximum absolute atomic E-state index is 6.86. The number of benzene rings is 7. The lowest BCUT2D eigenvalue weighted by molar-refractivity contribution is -0.572. The van der Waals surface area contributed by atoms with E-state index in [9.17, 15) is 0 Å². The van der Waals surface area contributed by atoms with Gasteiger partial charge in [-0.15, -0.1) is 0 Å². The summed E-state index contributed by atoms with van der Waals surface area (Å²) in [5.41, 5.74) is 16.0. The molecule has 10 aromatic rings. The van der Waals surface area contributed by atoms with Crippen molar-refractivity contribution < 1.29 is 9.30 Å². The summed E-state index contributed by atoms with van der Waals surface area (Å²) in [6.07, 6.45) is 5.86. The van der Waals surface area contributed by atoms with Gasteiger partial charge in [0.1, 0.15) is 17.3 Å². The SMILES string of the molecule is CC(C)(C)c1ccc(-c2ccc3c(c2)n(-c2cccc(Oc4ccc5c6ccccc6n(-c6cc(C(C)(C)C)ccn6)c5c4)c2)[c-][n+]3-c2c(-c3cccc(C(C)(C)C)c3)cccc2C(C)(C)C)cc1. The van der Waals surface area contributed by atoms with Gasteiger partial charge in [-0.25, -0.2) is 4.98 Å². The van der Waals surface area contributed by atoms with Crippen molar-refractivity contribution in [3.8, 4) is 50.9 Å². The molecule has 0 spiro atoms. The van der Waals surface area contributed by atoms with Crippen LogP contribution in [0.3, 0.4) is 0 Å². The van der Waals surface area contributed by atoms with E-state index >= 15 is 0 Å². The van der Waals surface area contributed by atoms with E-state index in [1.54, 1.807) is 0 Å². The van der Waals surface area contributed by atoms with E-state index in [1.165, 1.54) is 44.3 Å². The molecule has 5 heteroatoms. The standard InChI is InChI=1S/C64H64N4O/c1-61(2,3)45-29-26-42(27-30-45)43-28-33-56-58(37-43)66(41-67(56)60-51(23-17-24-54(60)64(10,11)12)44-18-15-19-46(36-44)62(4,5)6)48-20-16-21-49(39-48)69-50-31-32-53-52-22-13-14-25-55(52)68(57(53)40-50)59-38-47(34-35-65-59)63(7,8)9/h13-40H,1-12H3. The monoisotopic (exact) mass is 905 g/mol. The van der Waals surface area contributed by atoms with Gasteiger partial charge >= 0.3 is 0 Å². The summed E-state index contributed by atoms with van der Waals surface area (Å²) in [5, 5.41) is 2.33. The predicted octanol–water partition coefficient (Wildman–Crippen LogP) is 16.5. The quantitative estimate of drug-likeness (QED) is 0.118. The number of hydrogen-bond acceptors (Lipinski definition) is 2. The van der Waals surface area contributed by atoms with Crippen LogP contribution in [-0.4, -0.2) is 14.1 Å². The highest BCUT2D eigenvalue weighted by Gasteiger charge is 2.26. The Labute approximate surface area is 408 Å². The molecular formula is C64H64N4O. The van der Waals surface area contributed by atoms with Crippen molar-refractivity contribution >= 4 is 32.8 Å². The molecule has 0 aliphatic heterocycles. The van der Waals surface area contributed by atoms with Gasteiger partial charge in [0.15, 0.2) is 0 Å². The number of hydrogen-bond donors (Lipinski definition) is 0. The smallest absolute Gasteiger partial charge is 0.269 e. The Balaban J connectivity index is 1.14. The highest BCUT2D eigenvalue weighted by atomic mass is 16.5. The first-order chi connectivity index (χ1) is 32.7. The molecule has 3 heterocycles. The summed E-state index contributed by atoms with van der Waals surface area (Å²) < 4.78 is 13.6. The first-order valence-corrected chi connectivity index (χ1v) is 24.4. The fourth-order valence-electron chi connectivity index (χ4n) is 9.67. The molecule has 3 aromatic heterocycles. The molecule has 0 unspecified atom stereocenters. The van der Waals surface area contributed by atoms with Gasteiger partial charge in [0.05, 0.1) is 33.4 Å². The molecule has 0 N–H and O–H groups in total. The van der Waals surface area contributed by atoms with E-state index in [1.807, 2.05) is 12.3 Å². The van der Waals surface area contributed by atoms with Crippen LogP contribution in [0, 0.1) is 6.33 Å². The van der Waals surface area contributed by atoms with Gasteiger partial charge in [-0.1, -0.05) is 186 Å². The summed E-state index contributed by atoms with van der Waals surface area (Å²) in [4.78, 5) is 4.91. The molecule has 0 fully saturated rings. The molecular weight excluding hydrogens is 841 g/mol. The van der Waals surface area contributed by atoms with Gasteiger partial charge in [-0.05, 0) is 121 Å². The number of ether oxygens (including phenoxy) is 1. The van der Waals surface area contributed by atoms with Crippen LogP contribution in [0.4, 0.5) is 0 Å². The molecule has 10 rings (SSSR count). The Morgan fingerprint density at radius 1 is 0.464 bits per heavy atom. The summed E-state index contributed by atoms with van der Waals surface area (Å²) in [6.45, 7) is 27.3. The summed E-state index contributed by atoms with van der Waals surface area (Å²) in [6, 6.07) is 59.4. The van der Waals surface area contributed by atoms with Crippen molar-refractivity contribution in [3.05, 3.63) is 199 Å². The highest BCUT2D eigenvalue weighted by Crippen LogP contribution is 2.39.